The van der Waals surface area contributed by atoms with Crippen molar-refractivity contribution in [1.29, 1.82) is 0 Å². The molecule has 0 aliphatic rings. The number of hydrogen-bond acceptors (Lipinski definition) is 2. The maximum absolute atomic E-state index is 4.90. The second-order valence-electron chi connectivity index (χ2n) is 12.9. The van der Waals surface area contributed by atoms with Crippen molar-refractivity contribution in [3.63, 3.8) is 0 Å². The Kier molecular flexibility index (Phi) is 5.54. The van der Waals surface area contributed by atoms with E-state index in [9.17, 15) is 0 Å². The number of fused-ring (bicyclic) bond motifs is 10. The zero-order chi connectivity index (χ0) is 32.1. The van der Waals surface area contributed by atoms with Crippen LogP contribution in [0, 0.1) is 0 Å². The summed E-state index contributed by atoms with van der Waals surface area (Å²) < 4.78 is 4.90. The van der Waals surface area contributed by atoms with Crippen molar-refractivity contribution in [2.75, 3.05) is 0 Å². The zero-order valence-corrected chi connectivity index (χ0v) is 27.1. The van der Waals surface area contributed by atoms with E-state index in [0.717, 1.165) is 22.2 Å². The van der Waals surface area contributed by atoms with E-state index in [1.54, 1.807) is 0 Å². The van der Waals surface area contributed by atoms with Crippen LogP contribution in [-0.2, 0) is 0 Å². The van der Waals surface area contributed by atoms with E-state index in [2.05, 4.69) is 155 Å². The predicted molar refractivity (Wildman–Crippen MR) is 209 cm³/mol. The number of H-pyrrole nitrogens is 1. The number of nitrogens with one attached hydrogen (secondary N) is 1. The number of hydrogen-bond donors (Lipinski definition) is 1. The normalized spacial score (nSPS) is 12.1. The summed E-state index contributed by atoms with van der Waals surface area (Å²) in [5, 5.41) is 10.00. The molecule has 1 N–H and O–H groups in total. The second-order valence-corrected chi connectivity index (χ2v) is 14.0. The van der Waals surface area contributed by atoms with Gasteiger partial charge in [0, 0.05) is 64.6 Å². The van der Waals surface area contributed by atoms with Gasteiger partial charge >= 0.3 is 0 Å². The van der Waals surface area contributed by atoms with Gasteiger partial charge in [-0.2, -0.15) is 0 Å². The molecule has 4 heteroatoms. The van der Waals surface area contributed by atoms with E-state index in [1.807, 2.05) is 23.6 Å². The van der Waals surface area contributed by atoms with Gasteiger partial charge in [0.2, 0.25) is 0 Å². The molecular formula is C45H27N3S. The number of nitrogens with zero attached hydrogens (tertiary/aromatic N) is 2. The van der Waals surface area contributed by atoms with Crippen LogP contribution in [-0.4, -0.2) is 14.5 Å². The van der Waals surface area contributed by atoms with Gasteiger partial charge in [-0.05, 0) is 99.8 Å². The van der Waals surface area contributed by atoms with Crippen LogP contribution in [0.2, 0.25) is 0 Å². The summed E-state index contributed by atoms with van der Waals surface area (Å²) in [5.74, 6) is 0. The highest BCUT2D eigenvalue weighted by atomic mass is 32.1. The molecule has 11 aromatic rings. The lowest BCUT2D eigenvalue weighted by atomic mass is 9.99. The monoisotopic (exact) mass is 641 g/mol. The van der Waals surface area contributed by atoms with E-state index >= 15 is 0 Å². The van der Waals surface area contributed by atoms with Gasteiger partial charge in [-0.25, -0.2) is 4.98 Å². The quantitative estimate of drug-likeness (QED) is 0.205. The first-order chi connectivity index (χ1) is 24.2. The van der Waals surface area contributed by atoms with Gasteiger partial charge in [0.05, 0.1) is 5.52 Å². The molecule has 0 fully saturated rings. The lowest BCUT2D eigenvalue weighted by Gasteiger charge is -2.10. The topological polar surface area (TPSA) is 33.6 Å². The molecule has 0 saturated heterocycles. The van der Waals surface area contributed by atoms with Gasteiger partial charge in [0.25, 0.3) is 0 Å². The fraction of sp³-hybridized carbons (Fsp3) is 0. The molecular weight excluding hydrogens is 615 g/mol. The molecule has 0 radical (unpaired) electrons. The minimum absolute atomic E-state index is 0.977. The molecule has 4 aromatic heterocycles. The summed E-state index contributed by atoms with van der Waals surface area (Å²) in [6, 6.07) is 55.2. The fourth-order valence-electron chi connectivity index (χ4n) is 7.77. The van der Waals surface area contributed by atoms with Crippen molar-refractivity contribution in [2.24, 2.45) is 0 Å². The van der Waals surface area contributed by atoms with Crippen LogP contribution in [0.4, 0.5) is 0 Å². The van der Waals surface area contributed by atoms with E-state index in [0.29, 0.717) is 0 Å². The fourth-order valence-corrected chi connectivity index (χ4v) is 8.91. The maximum atomic E-state index is 4.90. The van der Waals surface area contributed by atoms with Crippen LogP contribution in [0.5, 0.6) is 0 Å². The Morgan fingerprint density at radius 1 is 0.449 bits per heavy atom. The molecule has 49 heavy (non-hydrogen) atoms. The number of rotatable bonds is 3. The molecule has 0 unspecified atom stereocenters. The van der Waals surface area contributed by atoms with Crippen molar-refractivity contribution in [3.8, 4) is 27.9 Å². The molecule has 0 saturated carbocycles. The molecule has 0 aliphatic carbocycles. The SMILES string of the molecule is c1ccc(-c2cccc(-n3c4cc5sc6cc7c(cc6c5cc4c4cccnc43)[nH]c3ccc(-c4ccc5ccccc5c4)cc37)c2)cc1. The minimum atomic E-state index is 0.977. The summed E-state index contributed by atoms with van der Waals surface area (Å²) in [4.78, 5) is 8.64. The van der Waals surface area contributed by atoms with Crippen LogP contribution in [0.1, 0.15) is 0 Å². The third kappa shape index (κ3) is 4.05. The first-order valence-electron chi connectivity index (χ1n) is 16.6. The zero-order valence-electron chi connectivity index (χ0n) is 26.3. The molecule has 7 aromatic carbocycles. The summed E-state index contributed by atoms with van der Waals surface area (Å²) in [5.41, 5.74) is 10.5. The number of benzene rings is 7. The highest BCUT2D eigenvalue weighted by molar-refractivity contribution is 7.26. The van der Waals surface area contributed by atoms with Crippen LogP contribution < -0.4 is 0 Å². The standard InChI is InChI=1S/C45H27N3S/c1-2-8-27(9-3-1)30-12-6-13-33(21-30)48-42-26-44-38(23-37(42)34-14-7-19-46-45(34)48)39-24-41-36(25-43(39)49-44)35-22-32(17-18-40(35)47-41)31-16-15-28-10-4-5-11-29(28)20-31/h1-26,47H. The number of pyridine rings is 1. The molecule has 4 heterocycles. The average molecular weight is 642 g/mol. The Morgan fingerprint density at radius 3 is 2.14 bits per heavy atom. The average Bonchev–Trinajstić information content (AvgIpc) is 3.81. The molecule has 0 bridgehead atoms. The van der Waals surface area contributed by atoms with Crippen LogP contribution in [0.15, 0.2) is 158 Å². The number of thiophene rings is 1. The molecule has 0 atom stereocenters. The first kappa shape index (κ1) is 26.8. The Hall–Kier alpha value is -6.23. The van der Waals surface area contributed by atoms with Gasteiger partial charge in [-0.15, -0.1) is 11.3 Å². The number of aromatic amines is 1. The van der Waals surface area contributed by atoms with Crippen molar-refractivity contribution in [3.05, 3.63) is 158 Å². The highest BCUT2D eigenvalue weighted by Gasteiger charge is 2.18. The molecule has 3 nitrogen and oxygen atoms in total. The van der Waals surface area contributed by atoms with Gasteiger partial charge in [0.1, 0.15) is 5.65 Å². The van der Waals surface area contributed by atoms with Gasteiger partial charge in [-0.3, -0.25) is 4.57 Å². The molecule has 11 rings (SSSR count). The van der Waals surface area contributed by atoms with Crippen LogP contribution >= 0.6 is 11.3 Å². The predicted octanol–water partition coefficient (Wildman–Crippen LogP) is 12.7. The second kappa shape index (κ2) is 10.1. The lowest BCUT2D eigenvalue weighted by Crippen LogP contribution is -1.95. The van der Waals surface area contributed by atoms with Crippen molar-refractivity contribution >= 4 is 86.0 Å². The molecule has 0 aliphatic heterocycles. The van der Waals surface area contributed by atoms with E-state index in [-0.39, 0.29) is 0 Å². The number of aromatic nitrogens is 3. The first-order valence-corrected chi connectivity index (χ1v) is 17.4. The lowest BCUT2D eigenvalue weighted by molar-refractivity contribution is 1.14. The summed E-state index contributed by atoms with van der Waals surface area (Å²) in [7, 11) is 0. The van der Waals surface area contributed by atoms with E-state index in [4.69, 9.17) is 4.98 Å². The minimum Gasteiger partial charge on any atom is -0.354 e. The van der Waals surface area contributed by atoms with Crippen molar-refractivity contribution in [2.45, 2.75) is 0 Å². The van der Waals surface area contributed by atoms with Crippen molar-refractivity contribution < 1.29 is 0 Å². The van der Waals surface area contributed by atoms with E-state index < -0.39 is 0 Å². The van der Waals surface area contributed by atoms with Gasteiger partial charge < -0.3 is 4.98 Å². The van der Waals surface area contributed by atoms with Gasteiger partial charge in [0.15, 0.2) is 0 Å². The van der Waals surface area contributed by atoms with E-state index in [1.165, 1.54) is 80.4 Å². The smallest absolute Gasteiger partial charge is 0.145 e. The van der Waals surface area contributed by atoms with Crippen LogP contribution in [0.3, 0.4) is 0 Å². The third-order valence-electron chi connectivity index (χ3n) is 10.1. The van der Waals surface area contributed by atoms with Crippen molar-refractivity contribution in [1.82, 2.24) is 14.5 Å². The molecule has 0 amide bonds. The Bertz CT molecular complexity index is 3110. The van der Waals surface area contributed by atoms with Crippen LogP contribution in [0.25, 0.3) is 103 Å². The third-order valence-corrected chi connectivity index (χ3v) is 11.2. The molecule has 0 spiro atoms. The Balaban J connectivity index is 1.10. The Morgan fingerprint density at radius 2 is 1.20 bits per heavy atom. The molecule has 228 valence electrons. The summed E-state index contributed by atoms with van der Waals surface area (Å²) in [6.45, 7) is 0. The largest absolute Gasteiger partial charge is 0.354 e. The highest BCUT2D eigenvalue weighted by Crippen LogP contribution is 2.43. The maximum Gasteiger partial charge on any atom is 0.145 e. The summed E-state index contributed by atoms with van der Waals surface area (Å²) >= 11 is 1.87. The Labute approximate surface area is 285 Å². The summed E-state index contributed by atoms with van der Waals surface area (Å²) in [6.07, 6.45) is 1.90. The van der Waals surface area contributed by atoms with Gasteiger partial charge in [-0.1, -0.05) is 84.9 Å².